The monoisotopic (exact) mass is 500 g/mol. The van der Waals surface area contributed by atoms with Crippen LogP contribution in [0.5, 0.6) is 17.2 Å². The van der Waals surface area contributed by atoms with Crippen LogP contribution >= 0.6 is 0 Å². The molecule has 3 aromatic rings. The van der Waals surface area contributed by atoms with Crippen LogP contribution in [0.15, 0.2) is 60.7 Å². The van der Waals surface area contributed by atoms with Gasteiger partial charge in [-0.3, -0.25) is 0 Å². The van der Waals surface area contributed by atoms with E-state index in [-0.39, 0.29) is 10.8 Å². The molecule has 0 fully saturated rings. The van der Waals surface area contributed by atoms with Gasteiger partial charge < -0.3 is 19.3 Å². The second-order valence-electron chi connectivity index (χ2n) is 10.9. The van der Waals surface area contributed by atoms with E-state index in [0.29, 0.717) is 12.4 Å². The molecule has 0 bridgehead atoms. The number of rotatable bonds is 8. The van der Waals surface area contributed by atoms with E-state index < -0.39 is 5.97 Å². The van der Waals surface area contributed by atoms with Gasteiger partial charge in [-0.25, -0.2) is 4.79 Å². The molecule has 1 aliphatic carbocycles. The van der Waals surface area contributed by atoms with Gasteiger partial charge in [0.15, 0.2) is 0 Å². The van der Waals surface area contributed by atoms with Crippen LogP contribution in [-0.2, 0) is 22.2 Å². The Kier molecular flexibility index (Phi) is 7.35. The highest BCUT2D eigenvalue weighted by molar-refractivity contribution is 5.86. The molecule has 4 rings (SSSR count). The zero-order valence-electron chi connectivity index (χ0n) is 22.6. The fraction of sp³-hybridized carbons (Fsp3) is 0.344. The van der Waals surface area contributed by atoms with Crippen molar-refractivity contribution in [2.24, 2.45) is 0 Å². The van der Waals surface area contributed by atoms with Crippen LogP contribution in [0.4, 0.5) is 0 Å². The number of methoxy groups -OCH3 is 2. The smallest absolute Gasteiger partial charge is 0.328 e. The van der Waals surface area contributed by atoms with Crippen LogP contribution in [0.3, 0.4) is 0 Å². The van der Waals surface area contributed by atoms with Crippen LogP contribution in [0.2, 0.25) is 0 Å². The molecule has 0 saturated heterocycles. The van der Waals surface area contributed by atoms with Crippen molar-refractivity contribution in [3.05, 3.63) is 82.9 Å². The lowest BCUT2D eigenvalue weighted by atomic mass is 9.62. The van der Waals surface area contributed by atoms with Gasteiger partial charge in [0, 0.05) is 17.2 Å². The maximum Gasteiger partial charge on any atom is 0.328 e. The van der Waals surface area contributed by atoms with E-state index in [1.165, 1.54) is 11.1 Å². The van der Waals surface area contributed by atoms with E-state index >= 15 is 0 Å². The minimum absolute atomic E-state index is 0.0160. The predicted octanol–water partition coefficient (Wildman–Crippen LogP) is 7.40. The number of hydrogen-bond donors (Lipinski definition) is 1. The summed E-state index contributed by atoms with van der Waals surface area (Å²) < 4.78 is 17.5. The Morgan fingerprint density at radius 2 is 1.46 bits per heavy atom. The molecule has 0 heterocycles. The second-order valence-corrected chi connectivity index (χ2v) is 10.9. The van der Waals surface area contributed by atoms with Gasteiger partial charge in [0.05, 0.1) is 14.2 Å². The Hall–Kier alpha value is -3.73. The van der Waals surface area contributed by atoms with E-state index in [0.717, 1.165) is 52.7 Å². The van der Waals surface area contributed by atoms with E-state index in [4.69, 9.17) is 19.3 Å². The fourth-order valence-corrected chi connectivity index (χ4v) is 5.01. The van der Waals surface area contributed by atoms with Crippen molar-refractivity contribution in [1.82, 2.24) is 0 Å². The molecule has 5 nitrogen and oxygen atoms in total. The van der Waals surface area contributed by atoms with Crippen molar-refractivity contribution in [2.45, 2.75) is 58.0 Å². The van der Waals surface area contributed by atoms with Crippen molar-refractivity contribution < 1.29 is 24.1 Å². The summed E-state index contributed by atoms with van der Waals surface area (Å²) in [5, 5.41) is 9.12. The zero-order valence-corrected chi connectivity index (χ0v) is 22.6. The number of aliphatic carboxylic acids is 1. The topological polar surface area (TPSA) is 65.0 Å². The molecule has 0 radical (unpaired) electrons. The summed E-state index contributed by atoms with van der Waals surface area (Å²) in [5.41, 5.74) is 6.26. The zero-order chi connectivity index (χ0) is 26.8. The van der Waals surface area contributed by atoms with Crippen molar-refractivity contribution in [1.29, 1.82) is 0 Å². The number of carbonyl (C=O) groups is 1. The number of carboxylic acid groups (broad SMARTS) is 1. The Morgan fingerprint density at radius 3 is 2.05 bits per heavy atom. The molecule has 3 aromatic carbocycles. The van der Waals surface area contributed by atoms with E-state index in [9.17, 15) is 4.79 Å². The van der Waals surface area contributed by atoms with Crippen LogP contribution in [-0.4, -0.2) is 25.3 Å². The normalized spacial score (nSPS) is 15.7. The van der Waals surface area contributed by atoms with Gasteiger partial charge in [0.2, 0.25) is 0 Å². The van der Waals surface area contributed by atoms with Crippen LogP contribution in [0.1, 0.15) is 62.8 Å². The molecule has 0 unspecified atom stereocenters. The molecule has 1 aliphatic rings. The number of carboxylic acids is 1. The molecule has 0 spiro atoms. The summed E-state index contributed by atoms with van der Waals surface area (Å²) in [7, 11) is 3.30. The average molecular weight is 501 g/mol. The minimum Gasteiger partial charge on any atom is -0.497 e. The van der Waals surface area contributed by atoms with E-state index in [2.05, 4.69) is 39.8 Å². The van der Waals surface area contributed by atoms with Gasteiger partial charge in [-0.05, 0) is 88.4 Å². The van der Waals surface area contributed by atoms with Gasteiger partial charge in [-0.15, -0.1) is 0 Å². The molecule has 0 aliphatic heterocycles. The van der Waals surface area contributed by atoms with Crippen molar-refractivity contribution >= 4 is 12.0 Å². The summed E-state index contributed by atoms with van der Waals surface area (Å²) in [6, 6.07) is 18.0. The maximum atomic E-state index is 11.1. The second kappa shape index (κ2) is 10.3. The molecule has 1 N–H and O–H groups in total. The first-order valence-electron chi connectivity index (χ1n) is 12.6. The predicted molar refractivity (Wildman–Crippen MR) is 148 cm³/mol. The largest absolute Gasteiger partial charge is 0.497 e. The highest BCUT2D eigenvalue weighted by Gasteiger charge is 2.38. The molecular weight excluding hydrogens is 464 g/mol. The number of hydrogen-bond acceptors (Lipinski definition) is 4. The van der Waals surface area contributed by atoms with Gasteiger partial charge in [0.25, 0.3) is 0 Å². The lowest BCUT2D eigenvalue weighted by Crippen LogP contribution is -2.33. The Balaban J connectivity index is 1.87. The molecule has 37 heavy (non-hydrogen) atoms. The molecule has 0 atom stereocenters. The first-order chi connectivity index (χ1) is 17.5. The van der Waals surface area contributed by atoms with Crippen LogP contribution in [0, 0.1) is 0 Å². The maximum absolute atomic E-state index is 11.1. The number of ether oxygens (including phenoxy) is 3. The Bertz CT molecular complexity index is 1320. The van der Waals surface area contributed by atoms with Crippen LogP contribution < -0.4 is 14.2 Å². The third kappa shape index (κ3) is 5.66. The summed E-state index contributed by atoms with van der Waals surface area (Å²) in [4.78, 5) is 11.1. The molecule has 0 amide bonds. The van der Waals surface area contributed by atoms with Crippen molar-refractivity contribution in [3.63, 3.8) is 0 Å². The first kappa shape index (κ1) is 26.3. The highest BCUT2D eigenvalue weighted by Crippen LogP contribution is 2.50. The van der Waals surface area contributed by atoms with Gasteiger partial charge in [0.1, 0.15) is 23.9 Å². The molecule has 0 saturated carbocycles. The van der Waals surface area contributed by atoms with Crippen molar-refractivity contribution in [3.8, 4) is 28.4 Å². The third-order valence-electron chi connectivity index (χ3n) is 7.44. The van der Waals surface area contributed by atoms with Crippen LogP contribution in [0.25, 0.3) is 17.2 Å². The summed E-state index contributed by atoms with van der Waals surface area (Å²) >= 11 is 0. The fourth-order valence-electron chi connectivity index (χ4n) is 5.01. The molecule has 0 aromatic heterocycles. The van der Waals surface area contributed by atoms with E-state index in [1.807, 2.05) is 42.5 Å². The van der Waals surface area contributed by atoms with Gasteiger partial charge in [-0.2, -0.15) is 0 Å². The van der Waals surface area contributed by atoms with E-state index in [1.54, 1.807) is 20.3 Å². The molecular formula is C32H36O5. The highest BCUT2D eigenvalue weighted by atomic mass is 16.5. The average Bonchev–Trinajstić information content (AvgIpc) is 2.88. The standard InChI is InChI=1S/C32H36O5/c1-31(2)15-16-32(3,4)27-19-29(37-20-22-7-11-23(35-5)12-8-22)25(18-26(27)31)24-17-21(10-14-30(33)34)9-13-28(24)36-6/h7-14,17-19H,15-16,20H2,1-6H3,(H,33,34). The van der Waals surface area contributed by atoms with Gasteiger partial charge in [-0.1, -0.05) is 45.9 Å². The lowest BCUT2D eigenvalue weighted by molar-refractivity contribution is -0.131. The van der Waals surface area contributed by atoms with Gasteiger partial charge >= 0.3 is 5.97 Å². The quantitative estimate of drug-likeness (QED) is 0.327. The number of benzene rings is 3. The summed E-state index contributed by atoms with van der Waals surface area (Å²) in [5.74, 6) is 1.30. The molecule has 5 heteroatoms. The van der Waals surface area contributed by atoms with Crippen molar-refractivity contribution in [2.75, 3.05) is 14.2 Å². The lowest BCUT2D eigenvalue weighted by Gasteiger charge is -2.42. The molecule has 194 valence electrons. The summed E-state index contributed by atoms with van der Waals surface area (Å²) in [6.45, 7) is 9.59. The SMILES string of the molecule is COc1ccc(COc2cc3c(cc2-c2cc(C=CC(=O)O)ccc2OC)C(C)(C)CCC3(C)C)cc1. The first-order valence-corrected chi connectivity index (χ1v) is 12.6. The summed E-state index contributed by atoms with van der Waals surface area (Å²) in [6.07, 6.45) is 4.93. The Labute approximate surface area is 219 Å². The minimum atomic E-state index is -0.987. The number of fused-ring (bicyclic) bond motifs is 1. The third-order valence-corrected chi connectivity index (χ3v) is 7.44. The Morgan fingerprint density at radius 1 is 0.838 bits per heavy atom.